The van der Waals surface area contributed by atoms with Crippen LogP contribution in [0.2, 0.25) is 0 Å². The maximum atomic E-state index is 13.5. The number of carbonyl (C=O) groups excluding carboxylic acids is 3. The fourth-order valence-corrected chi connectivity index (χ4v) is 4.69. The predicted octanol–water partition coefficient (Wildman–Crippen LogP) is 4.21. The number of likely N-dealkylation sites (N-methyl/N-ethyl adjacent to an activating group) is 1. The van der Waals surface area contributed by atoms with Crippen molar-refractivity contribution < 1.29 is 28.2 Å². The summed E-state index contributed by atoms with van der Waals surface area (Å²) in [6, 6.07) is 9.88. The number of fused-ring (bicyclic) bond motifs is 1. The molecule has 3 amide bonds. The molecule has 9 heteroatoms. The Labute approximate surface area is 223 Å². The van der Waals surface area contributed by atoms with Gasteiger partial charge in [-0.15, -0.1) is 0 Å². The molecular weight excluding hydrogens is 489 g/mol. The molecule has 3 atom stereocenters. The van der Waals surface area contributed by atoms with Crippen LogP contribution in [0.1, 0.15) is 53.8 Å². The molecule has 0 saturated heterocycles. The minimum atomic E-state index is -0.433. The highest BCUT2D eigenvalue weighted by molar-refractivity contribution is 6.05. The van der Waals surface area contributed by atoms with Gasteiger partial charge >= 0.3 is 0 Å². The molecule has 0 bridgehead atoms. The highest BCUT2D eigenvalue weighted by Gasteiger charge is 2.33. The lowest BCUT2D eigenvalue weighted by Crippen LogP contribution is -2.48. The van der Waals surface area contributed by atoms with Gasteiger partial charge in [-0.25, -0.2) is 4.39 Å². The van der Waals surface area contributed by atoms with Crippen molar-refractivity contribution in [3.63, 3.8) is 0 Å². The Kier molecular flexibility index (Phi) is 8.66. The summed E-state index contributed by atoms with van der Waals surface area (Å²) in [6.45, 7) is 5.03. The molecule has 2 aromatic rings. The van der Waals surface area contributed by atoms with Gasteiger partial charge in [0.25, 0.3) is 11.8 Å². The smallest absolute Gasteiger partial charge is 0.257 e. The standard InChI is InChI=1S/C29H36FN3O5/c1-18-15-33(27(34)13-20-5-6-20)19(2)17-38-25-12-11-23(31-28(35)21-7-9-22(30)10-8-21)14-24(25)29(36)32(3)16-26(18)37-4/h7-12,14,18-20,26H,5-6,13,15-17H2,1-4H3,(H,31,35)/t18-,19-,26+/m1/s1. The molecule has 0 spiro atoms. The van der Waals surface area contributed by atoms with Gasteiger partial charge in [0.1, 0.15) is 18.2 Å². The zero-order valence-electron chi connectivity index (χ0n) is 22.4. The van der Waals surface area contributed by atoms with Crippen LogP contribution in [-0.2, 0) is 9.53 Å². The van der Waals surface area contributed by atoms with Crippen LogP contribution in [0.15, 0.2) is 42.5 Å². The number of hydrogen-bond acceptors (Lipinski definition) is 5. The van der Waals surface area contributed by atoms with Crippen molar-refractivity contribution in [3.8, 4) is 5.75 Å². The summed E-state index contributed by atoms with van der Waals surface area (Å²) in [5, 5.41) is 2.77. The molecule has 1 N–H and O–H groups in total. The van der Waals surface area contributed by atoms with Crippen molar-refractivity contribution >= 4 is 23.4 Å². The first-order valence-corrected chi connectivity index (χ1v) is 13.1. The van der Waals surface area contributed by atoms with Gasteiger partial charge in [-0.3, -0.25) is 14.4 Å². The van der Waals surface area contributed by atoms with Gasteiger partial charge in [-0.1, -0.05) is 6.92 Å². The van der Waals surface area contributed by atoms with Crippen molar-refractivity contribution in [1.29, 1.82) is 0 Å². The van der Waals surface area contributed by atoms with E-state index in [9.17, 15) is 18.8 Å². The SMILES string of the molecule is CO[C@H]1CN(C)C(=O)c2cc(NC(=O)c3ccc(F)cc3)ccc2OC[C@@H](C)N(C(=O)CC2CC2)C[C@H]1C. The number of ether oxygens (including phenoxy) is 2. The van der Waals surface area contributed by atoms with Gasteiger partial charge in [-0.2, -0.15) is 0 Å². The maximum absolute atomic E-state index is 13.5. The highest BCUT2D eigenvalue weighted by Crippen LogP contribution is 2.33. The molecule has 204 valence electrons. The number of halogens is 1. The fourth-order valence-electron chi connectivity index (χ4n) is 4.69. The van der Waals surface area contributed by atoms with E-state index in [2.05, 4.69) is 5.32 Å². The Bertz CT molecular complexity index is 1170. The molecule has 1 saturated carbocycles. The van der Waals surface area contributed by atoms with Gasteiger partial charge in [0, 0.05) is 50.8 Å². The number of amides is 3. The first-order chi connectivity index (χ1) is 18.2. The fraction of sp³-hybridized carbons (Fsp3) is 0.483. The second kappa shape index (κ2) is 11.9. The van der Waals surface area contributed by atoms with Crippen LogP contribution in [0.25, 0.3) is 0 Å². The van der Waals surface area contributed by atoms with E-state index < -0.39 is 11.7 Å². The quantitative estimate of drug-likeness (QED) is 0.632. The second-order valence-corrected chi connectivity index (χ2v) is 10.5. The molecule has 4 rings (SSSR count). The van der Waals surface area contributed by atoms with Crippen molar-refractivity contribution in [2.24, 2.45) is 11.8 Å². The van der Waals surface area contributed by atoms with E-state index in [1.807, 2.05) is 18.7 Å². The molecule has 1 aliphatic carbocycles. The molecular formula is C29H36FN3O5. The molecule has 1 aliphatic heterocycles. The van der Waals surface area contributed by atoms with Crippen LogP contribution in [0.4, 0.5) is 10.1 Å². The van der Waals surface area contributed by atoms with Crippen LogP contribution < -0.4 is 10.1 Å². The number of nitrogens with one attached hydrogen (secondary N) is 1. The minimum absolute atomic E-state index is 0.0129. The Morgan fingerprint density at radius 3 is 2.47 bits per heavy atom. The molecule has 2 aromatic carbocycles. The molecule has 8 nitrogen and oxygen atoms in total. The zero-order chi connectivity index (χ0) is 27.4. The number of hydrogen-bond donors (Lipinski definition) is 1. The Balaban J connectivity index is 1.61. The van der Waals surface area contributed by atoms with Crippen molar-refractivity contribution in [2.45, 2.75) is 45.3 Å². The van der Waals surface area contributed by atoms with Crippen molar-refractivity contribution in [1.82, 2.24) is 9.80 Å². The van der Waals surface area contributed by atoms with Crippen molar-refractivity contribution in [2.75, 3.05) is 39.2 Å². The van der Waals surface area contributed by atoms with Crippen LogP contribution in [0, 0.1) is 17.7 Å². The second-order valence-electron chi connectivity index (χ2n) is 10.5. The van der Waals surface area contributed by atoms with E-state index in [0.29, 0.717) is 42.4 Å². The van der Waals surface area contributed by atoms with Gasteiger partial charge in [0.2, 0.25) is 5.91 Å². The number of benzene rings is 2. The largest absolute Gasteiger partial charge is 0.491 e. The summed E-state index contributed by atoms with van der Waals surface area (Å²) in [4.78, 5) is 42.8. The third-order valence-corrected chi connectivity index (χ3v) is 7.29. The predicted molar refractivity (Wildman–Crippen MR) is 142 cm³/mol. The number of carbonyl (C=O) groups is 3. The van der Waals surface area contributed by atoms with E-state index >= 15 is 0 Å². The average molecular weight is 526 g/mol. The summed E-state index contributed by atoms with van der Waals surface area (Å²) in [5.41, 5.74) is 0.984. The third kappa shape index (κ3) is 6.69. The molecule has 1 heterocycles. The molecule has 2 aliphatic rings. The summed E-state index contributed by atoms with van der Waals surface area (Å²) < 4.78 is 25.1. The first kappa shape index (κ1) is 27.6. The lowest BCUT2D eigenvalue weighted by molar-refractivity contribution is -0.135. The van der Waals surface area contributed by atoms with Gasteiger partial charge in [-0.05, 0) is 68.1 Å². The van der Waals surface area contributed by atoms with Crippen LogP contribution in [0.3, 0.4) is 0 Å². The molecule has 38 heavy (non-hydrogen) atoms. The van der Waals surface area contributed by atoms with Crippen LogP contribution in [0.5, 0.6) is 5.75 Å². The topological polar surface area (TPSA) is 88.2 Å². The third-order valence-electron chi connectivity index (χ3n) is 7.29. The summed E-state index contributed by atoms with van der Waals surface area (Å²) in [7, 11) is 3.31. The average Bonchev–Trinajstić information content (AvgIpc) is 3.72. The lowest BCUT2D eigenvalue weighted by Gasteiger charge is -2.36. The minimum Gasteiger partial charge on any atom is -0.491 e. The molecule has 0 radical (unpaired) electrons. The van der Waals surface area contributed by atoms with Crippen LogP contribution >= 0.6 is 0 Å². The Morgan fingerprint density at radius 1 is 1.11 bits per heavy atom. The van der Waals surface area contributed by atoms with E-state index in [1.54, 1.807) is 37.3 Å². The van der Waals surface area contributed by atoms with E-state index in [4.69, 9.17) is 9.47 Å². The van der Waals surface area contributed by atoms with E-state index in [1.165, 1.54) is 24.3 Å². The summed E-state index contributed by atoms with van der Waals surface area (Å²) in [6.07, 6.45) is 2.46. The van der Waals surface area contributed by atoms with Gasteiger partial charge < -0.3 is 24.6 Å². The summed E-state index contributed by atoms with van der Waals surface area (Å²) >= 11 is 0. The number of methoxy groups -OCH3 is 1. The molecule has 0 unspecified atom stereocenters. The number of anilines is 1. The first-order valence-electron chi connectivity index (χ1n) is 13.1. The highest BCUT2D eigenvalue weighted by atomic mass is 19.1. The van der Waals surface area contributed by atoms with Crippen LogP contribution in [-0.4, -0.2) is 73.5 Å². The van der Waals surface area contributed by atoms with Crippen molar-refractivity contribution in [3.05, 3.63) is 59.4 Å². The zero-order valence-corrected chi connectivity index (χ0v) is 22.4. The van der Waals surface area contributed by atoms with Gasteiger partial charge in [0.05, 0.1) is 17.7 Å². The Hall–Kier alpha value is -3.46. The molecule has 0 aromatic heterocycles. The monoisotopic (exact) mass is 525 g/mol. The normalized spacial score (nSPS) is 22.6. The lowest BCUT2D eigenvalue weighted by atomic mass is 10.0. The van der Waals surface area contributed by atoms with E-state index in [-0.39, 0.29) is 42.0 Å². The Morgan fingerprint density at radius 2 is 1.82 bits per heavy atom. The maximum Gasteiger partial charge on any atom is 0.257 e. The number of nitrogens with zero attached hydrogens (tertiary/aromatic N) is 2. The number of rotatable bonds is 5. The summed E-state index contributed by atoms with van der Waals surface area (Å²) in [5.74, 6) is -0.192. The molecule has 1 fully saturated rings. The van der Waals surface area contributed by atoms with E-state index in [0.717, 1.165) is 12.8 Å². The van der Waals surface area contributed by atoms with Gasteiger partial charge in [0.15, 0.2) is 0 Å².